The summed E-state index contributed by atoms with van der Waals surface area (Å²) in [5.41, 5.74) is 0.144. The van der Waals surface area contributed by atoms with Gasteiger partial charge in [-0.05, 0) is 43.0 Å². The molecule has 20 heavy (non-hydrogen) atoms. The fourth-order valence-corrected chi connectivity index (χ4v) is 4.87. The van der Waals surface area contributed by atoms with Crippen molar-refractivity contribution in [2.24, 2.45) is 5.41 Å². The summed E-state index contributed by atoms with van der Waals surface area (Å²) in [7, 11) is -3.40. The summed E-state index contributed by atoms with van der Waals surface area (Å²) in [4.78, 5) is 0.294. The summed E-state index contributed by atoms with van der Waals surface area (Å²) in [5.74, 6) is 0. The number of hydrogen-bond donors (Lipinski definition) is 1. The van der Waals surface area contributed by atoms with E-state index in [4.69, 9.17) is 11.6 Å². The minimum Gasteiger partial charge on any atom is -0.316 e. The Labute approximate surface area is 131 Å². The number of nitrogens with one attached hydrogen (secondary N) is 1. The van der Waals surface area contributed by atoms with Crippen molar-refractivity contribution in [3.05, 3.63) is 29.3 Å². The zero-order valence-corrected chi connectivity index (χ0v) is 13.4. The molecule has 2 aliphatic rings. The van der Waals surface area contributed by atoms with E-state index in [1.165, 1.54) is 6.07 Å². The lowest BCUT2D eigenvalue weighted by Gasteiger charge is -2.22. The van der Waals surface area contributed by atoms with Gasteiger partial charge in [0, 0.05) is 24.7 Å². The van der Waals surface area contributed by atoms with Crippen molar-refractivity contribution in [2.45, 2.75) is 17.7 Å². The Morgan fingerprint density at radius 3 is 2.75 bits per heavy atom. The summed E-state index contributed by atoms with van der Waals surface area (Å²) in [6.07, 6.45) is 2.01. The molecule has 0 radical (unpaired) electrons. The highest BCUT2D eigenvalue weighted by Crippen LogP contribution is 2.38. The van der Waals surface area contributed by atoms with Crippen LogP contribution in [0.2, 0.25) is 5.02 Å². The maximum Gasteiger partial charge on any atom is 0.243 e. The number of halogens is 2. The summed E-state index contributed by atoms with van der Waals surface area (Å²) in [6, 6.07) is 6.50. The maximum atomic E-state index is 12.6. The fourth-order valence-electron chi connectivity index (χ4n) is 3.02. The van der Waals surface area contributed by atoms with Gasteiger partial charge in [0.05, 0.1) is 4.90 Å². The van der Waals surface area contributed by atoms with E-state index in [0.29, 0.717) is 23.0 Å². The predicted molar refractivity (Wildman–Crippen MR) is 82.0 cm³/mol. The van der Waals surface area contributed by atoms with Gasteiger partial charge in [-0.2, -0.15) is 4.31 Å². The Balaban J connectivity index is 0.00000147. The first-order valence-corrected chi connectivity index (χ1v) is 8.30. The van der Waals surface area contributed by atoms with Crippen LogP contribution in [0, 0.1) is 5.41 Å². The third-order valence-corrected chi connectivity index (χ3v) is 6.25. The van der Waals surface area contributed by atoms with Crippen LogP contribution in [-0.2, 0) is 10.0 Å². The van der Waals surface area contributed by atoms with Gasteiger partial charge in [0.2, 0.25) is 10.0 Å². The molecule has 1 atom stereocenters. The SMILES string of the molecule is Cl.O=S(=O)(c1cccc(Cl)c1)N1CCC2(CCNC2)C1. The van der Waals surface area contributed by atoms with E-state index < -0.39 is 10.0 Å². The minimum absolute atomic E-state index is 0. The highest BCUT2D eigenvalue weighted by atomic mass is 35.5. The van der Waals surface area contributed by atoms with Crippen LogP contribution in [0.1, 0.15) is 12.8 Å². The molecule has 2 saturated heterocycles. The molecule has 2 heterocycles. The summed E-state index contributed by atoms with van der Waals surface area (Å²) in [5, 5.41) is 3.79. The van der Waals surface area contributed by atoms with Crippen molar-refractivity contribution in [3.63, 3.8) is 0 Å². The molecule has 1 N–H and O–H groups in total. The minimum atomic E-state index is -3.40. The Morgan fingerprint density at radius 2 is 2.10 bits per heavy atom. The smallest absolute Gasteiger partial charge is 0.243 e. The lowest BCUT2D eigenvalue weighted by molar-refractivity contribution is 0.338. The van der Waals surface area contributed by atoms with Crippen molar-refractivity contribution in [2.75, 3.05) is 26.2 Å². The molecule has 7 heteroatoms. The normalized spacial score (nSPS) is 26.9. The van der Waals surface area contributed by atoms with Gasteiger partial charge in [-0.3, -0.25) is 0 Å². The maximum absolute atomic E-state index is 12.6. The second-order valence-corrected chi connectivity index (χ2v) is 7.85. The molecule has 3 rings (SSSR count). The fraction of sp³-hybridized carbons (Fsp3) is 0.538. The number of sulfonamides is 1. The van der Waals surface area contributed by atoms with E-state index in [0.717, 1.165) is 25.9 Å². The van der Waals surface area contributed by atoms with Crippen LogP contribution in [0.3, 0.4) is 0 Å². The van der Waals surface area contributed by atoms with Gasteiger partial charge in [0.1, 0.15) is 0 Å². The molecule has 1 aromatic carbocycles. The first-order chi connectivity index (χ1) is 9.02. The Morgan fingerprint density at radius 1 is 1.30 bits per heavy atom. The lowest BCUT2D eigenvalue weighted by atomic mass is 9.87. The molecule has 0 bridgehead atoms. The molecule has 0 amide bonds. The predicted octanol–water partition coefficient (Wildman–Crippen LogP) is 2.14. The molecule has 1 unspecified atom stereocenters. The molecule has 0 aromatic heterocycles. The molecule has 1 aromatic rings. The Kier molecular flexibility index (Phi) is 4.66. The van der Waals surface area contributed by atoms with E-state index in [1.54, 1.807) is 22.5 Å². The van der Waals surface area contributed by atoms with Crippen molar-refractivity contribution < 1.29 is 8.42 Å². The molecule has 4 nitrogen and oxygen atoms in total. The molecule has 2 fully saturated rings. The van der Waals surface area contributed by atoms with Gasteiger partial charge >= 0.3 is 0 Å². The van der Waals surface area contributed by atoms with Crippen molar-refractivity contribution >= 4 is 34.0 Å². The average molecular weight is 337 g/mol. The molecule has 112 valence electrons. The second kappa shape index (κ2) is 5.81. The first-order valence-electron chi connectivity index (χ1n) is 6.48. The third-order valence-electron chi connectivity index (χ3n) is 4.17. The highest BCUT2D eigenvalue weighted by Gasteiger charge is 2.44. The van der Waals surface area contributed by atoms with E-state index in [-0.39, 0.29) is 17.8 Å². The van der Waals surface area contributed by atoms with Crippen LogP contribution in [0.25, 0.3) is 0 Å². The summed E-state index contributed by atoms with van der Waals surface area (Å²) in [6.45, 7) is 3.14. The van der Waals surface area contributed by atoms with E-state index in [2.05, 4.69) is 5.32 Å². The van der Waals surface area contributed by atoms with E-state index in [1.807, 2.05) is 0 Å². The van der Waals surface area contributed by atoms with Crippen molar-refractivity contribution in [3.8, 4) is 0 Å². The lowest BCUT2D eigenvalue weighted by Crippen LogP contribution is -2.33. The van der Waals surface area contributed by atoms with E-state index in [9.17, 15) is 8.42 Å². The average Bonchev–Trinajstić information content (AvgIpc) is 3.01. The Bertz CT molecular complexity index is 586. The van der Waals surface area contributed by atoms with Crippen molar-refractivity contribution in [1.29, 1.82) is 0 Å². The monoisotopic (exact) mass is 336 g/mol. The van der Waals surface area contributed by atoms with Crippen LogP contribution >= 0.6 is 24.0 Å². The molecule has 2 aliphatic heterocycles. The topological polar surface area (TPSA) is 49.4 Å². The van der Waals surface area contributed by atoms with Crippen LogP contribution in [0.5, 0.6) is 0 Å². The molecule has 0 saturated carbocycles. The zero-order chi connectivity index (χ0) is 13.5. The van der Waals surface area contributed by atoms with Crippen LogP contribution in [-0.4, -0.2) is 38.9 Å². The van der Waals surface area contributed by atoms with Crippen LogP contribution < -0.4 is 5.32 Å². The third kappa shape index (κ3) is 2.83. The molecule has 0 aliphatic carbocycles. The van der Waals surface area contributed by atoms with Crippen LogP contribution in [0.4, 0.5) is 0 Å². The number of benzene rings is 1. The van der Waals surface area contributed by atoms with E-state index >= 15 is 0 Å². The van der Waals surface area contributed by atoms with Gasteiger partial charge in [-0.15, -0.1) is 12.4 Å². The molecular formula is C13H18Cl2N2O2S. The summed E-state index contributed by atoms with van der Waals surface area (Å²) < 4.78 is 26.8. The van der Waals surface area contributed by atoms with Gasteiger partial charge in [-0.25, -0.2) is 8.42 Å². The Hall–Kier alpha value is -0.330. The second-order valence-electron chi connectivity index (χ2n) is 5.47. The van der Waals surface area contributed by atoms with Crippen LogP contribution in [0.15, 0.2) is 29.2 Å². The van der Waals surface area contributed by atoms with Crippen molar-refractivity contribution in [1.82, 2.24) is 9.62 Å². The quantitative estimate of drug-likeness (QED) is 0.900. The number of nitrogens with zero attached hydrogens (tertiary/aromatic N) is 1. The first kappa shape index (κ1) is 16.0. The standard InChI is InChI=1S/C13H17ClN2O2S.ClH/c14-11-2-1-3-12(8-11)19(17,18)16-7-5-13(10-16)4-6-15-9-13;/h1-3,8,15H,4-7,9-10H2;1H. The molecular weight excluding hydrogens is 319 g/mol. The highest BCUT2D eigenvalue weighted by molar-refractivity contribution is 7.89. The largest absolute Gasteiger partial charge is 0.316 e. The number of rotatable bonds is 2. The zero-order valence-electron chi connectivity index (χ0n) is 11.0. The van der Waals surface area contributed by atoms with Gasteiger partial charge in [0.25, 0.3) is 0 Å². The van der Waals surface area contributed by atoms with Gasteiger partial charge in [0.15, 0.2) is 0 Å². The summed E-state index contributed by atoms with van der Waals surface area (Å²) >= 11 is 5.89. The van der Waals surface area contributed by atoms with Gasteiger partial charge < -0.3 is 5.32 Å². The van der Waals surface area contributed by atoms with Gasteiger partial charge in [-0.1, -0.05) is 17.7 Å². The molecule has 1 spiro atoms. The number of hydrogen-bond acceptors (Lipinski definition) is 3.